The molecular weight excluding hydrogens is 198 g/mol. The van der Waals surface area contributed by atoms with Crippen LogP contribution in [0.4, 0.5) is 0 Å². The molecule has 16 heavy (non-hydrogen) atoms. The quantitative estimate of drug-likeness (QED) is 0.770. The van der Waals surface area contributed by atoms with Crippen molar-refractivity contribution in [1.29, 1.82) is 0 Å². The molecule has 1 aromatic heterocycles. The Kier molecular flexibility index (Phi) is 5.53. The number of hydrogen-bond donors (Lipinski definition) is 1. The number of aryl methyl sites for hydroxylation is 1. The maximum Gasteiger partial charge on any atom is 0.0537 e. The first kappa shape index (κ1) is 13.2. The van der Waals surface area contributed by atoms with Crippen molar-refractivity contribution >= 4 is 0 Å². The smallest absolute Gasteiger partial charge is 0.0537 e. The van der Waals surface area contributed by atoms with E-state index in [1.165, 1.54) is 24.8 Å². The molecule has 92 valence electrons. The van der Waals surface area contributed by atoms with Crippen LogP contribution in [0.25, 0.3) is 0 Å². The van der Waals surface area contributed by atoms with Gasteiger partial charge in [0.2, 0.25) is 0 Å². The molecule has 0 aliphatic carbocycles. The molecule has 1 N–H and O–H groups in total. The summed E-state index contributed by atoms with van der Waals surface area (Å²) in [5.74, 6) is 0.759. The van der Waals surface area contributed by atoms with Crippen LogP contribution in [0.1, 0.15) is 51.6 Å². The standard InChI is InChI=1S/C13H25N3/c1-5-7-14-13(8-11(3)6-2)12-9-15-16(4)10-12/h9-11,13-14H,5-8H2,1-4H3. The first-order chi connectivity index (χ1) is 7.67. The van der Waals surface area contributed by atoms with E-state index in [4.69, 9.17) is 0 Å². The van der Waals surface area contributed by atoms with Crippen molar-refractivity contribution in [2.75, 3.05) is 6.54 Å². The summed E-state index contributed by atoms with van der Waals surface area (Å²) in [5, 5.41) is 7.87. The van der Waals surface area contributed by atoms with Gasteiger partial charge in [-0.2, -0.15) is 5.10 Å². The van der Waals surface area contributed by atoms with E-state index in [9.17, 15) is 0 Å². The Morgan fingerprint density at radius 3 is 2.69 bits per heavy atom. The Morgan fingerprint density at radius 2 is 2.19 bits per heavy atom. The minimum atomic E-state index is 0.462. The largest absolute Gasteiger partial charge is 0.310 e. The minimum Gasteiger partial charge on any atom is -0.310 e. The zero-order valence-corrected chi connectivity index (χ0v) is 11.0. The molecule has 1 rings (SSSR count). The van der Waals surface area contributed by atoms with Gasteiger partial charge in [0, 0.05) is 24.8 Å². The fourth-order valence-electron chi connectivity index (χ4n) is 1.84. The first-order valence-corrected chi connectivity index (χ1v) is 6.39. The molecule has 1 aromatic rings. The average molecular weight is 223 g/mol. The summed E-state index contributed by atoms with van der Waals surface area (Å²) in [7, 11) is 1.98. The molecule has 0 bridgehead atoms. The average Bonchev–Trinajstić information content (AvgIpc) is 2.70. The molecule has 0 spiro atoms. The second-order valence-corrected chi connectivity index (χ2v) is 4.70. The highest BCUT2D eigenvalue weighted by atomic mass is 15.2. The molecule has 3 nitrogen and oxygen atoms in total. The van der Waals surface area contributed by atoms with Gasteiger partial charge >= 0.3 is 0 Å². The van der Waals surface area contributed by atoms with Crippen molar-refractivity contribution in [3.63, 3.8) is 0 Å². The third-order valence-corrected chi connectivity index (χ3v) is 3.10. The maximum absolute atomic E-state index is 4.26. The SMILES string of the molecule is CCCNC(CC(C)CC)c1cnn(C)c1. The van der Waals surface area contributed by atoms with Crippen molar-refractivity contribution in [2.24, 2.45) is 13.0 Å². The monoisotopic (exact) mass is 223 g/mol. The van der Waals surface area contributed by atoms with Crippen LogP contribution in [0.2, 0.25) is 0 Å². The van der Waals surface area contributed by atoms with E-state index in [-0.39, 0.29) is 0 Å². The minimum absolute atomic E-state index is 0.462. The second-order valence-electron chi connectivity index (χ2n) is 4.70. The van der Waals surface area contributed by atoms with E-state index in [0.717, 1.165) is 12.5 Å². The highest BCUT2D eigenvalue weighted by Crippen LogP contribution is 2.22. The summed E-state index contributed by atoms with van der Waals surface area (Å²) in [4.78, 5) is 0. The Hall–Kier alpha value is -0.830. The summed E-state index contributed by atoms with van der Waals surface area (Å²) in [5.41, 5.74) is 1.32. The lowest BCUT2D eigenvalue weighted by Crippen LogP contribution is -2.23. The van der Waals surface area contributed by atoms with Crippen LogP contribution >= 0.6 is 0 Å². The van der Waals surface area contributed by atoms with Crippen LogP contribution < -0.4 is 5.32 Å². The van der Waals surface area contributed by atoms with E-state index < -0.39 is 0 Å². The number of nitrogens with one attached hydrogen (secondary N) is 1. The second kappa shape index (κ2) is 6.69. The Morgan fingerprint density at radius 1 is 1.44 bits per heavy atom. The number of aromatic nitrogens is 2. The van der Waals surface area contributed by atoms with E-state index in [0.29, 0.717) is 6.04 Å². The van der Waals surface area contributed by atoms with E-state index in [1.807, 2.05) is 17.9 Å². The molecule has 0 aromatic carbocycles. The fourth-order valence-corrected chi connectivity index (χ4v) is 1.84. The molecular formula is C13H25N3. The first-order valence-electron chi connectivity index (χ1n) is 6.39. The van der Waals surface area contributed by atoms with Crippen LogP contribution in [0.3, 0.4) is 0 Å². The van der Waals surface area contributed by atoms with Crippen LogP contribution in [0.5, 0.6) is 0 Å². The molecule has 0 amide bonds. The van der Waals surface area contributed by atoms with Gasteiger partial charge in [-0.15, -0.1) is 0 Å². The van der Waals surface area contributed by atoms with Crippen molar-refractivity contribution < 1.29 is 0 Å². The van der Waals surface area contributed by atoms with Crippen LogP contribution in [0, 0.1) is 5.92 Å². The lowest BCUT2D eigenvalue weighted by Gasteiger charge is -2.20. The summed E-state index contributed by atoms with van der Waals surface area (Å²) < 4.78 is 1.88. The van der Waals surface area contributed by atoms with Crippen LogP contribution in [-0.2, 0) is 7.05 Å². The zero-order chi connectivity index (χ0) is 12.0. The van der Waals surface area contributed by atoms with Crippen molar-refractivity contribution in [3.8, 4) is 0 Å². The van der Waals surface area contributed by atoms with Gasteiger partial charge < -0.3 is 5.32 Å². The number of hydrogen-bond acceptors (Lipinski definition) is 2. The number of nitrogens with zero attached hydrogens (tertiary/aromatic N) is 2. The number of rotatable bonds is 7. The molecule has 2 unspecified atom stereocenters. The Labute approximate surface area is 99.2 Å². The van der Waals surface area contributed by atoms with Gasteiger partial charge in [-0.1, -0.05) is 27.2 Å². The molecule has 0 fully saturated rings. The summed E-state index contributed by atoms with van der Waals surface area (Å²) in [6.07, 6.45) is 7.72. The van der Waals surface area contributed by atoms with Gasteiger partial charge in [-0.25, -0.2) is 0 Å². The maximum atomic E-state index is 4.26. The molecule has 0 saturated heterocycles. The fraction of sp³-hybridized carbons (Fsp3) is 0.769. The molecule has 0 radical (unpaired) electrons. The molecule has 0 aliphatic heterocycles. The Bertz CT molecular complexity index is 293. The van der Waals surface area contributed by atoms with Gasteiger partial charge in [0.25, 0.3) is 0 Å². The van der Waals surface area contributed by atoms with Gasteiger partial charge in [-0.05, 0) is 25.3 Å². The van der Waals surface area contributed by atoms with E-state index in [2.05, 4.69) is 37.4 Å². The summed E-state index contributed by atoms with van der Waals surface area (Å²) in [6.45, 7) is 7.86. The van der Waals surface area contributed by atoms with Crippen molar-refractivity contribution in [3.05, 3.63) is 18.0 Å². The molecule has 2 atom stereocenters. The lowest BCUT2D eigenvalue weighted by atomic mass is 9.96. The summed E-state index contributed by atoms with van der Waals surface area (Å²) >= 11 is 0. The third-order valence-electron chi connectivity index (χ3n) is 3.10. The van der Waals surface area contributed by atoms with Crippen LogP contribution in [0.15, 0.2) is 12.4 Å². The van der Waals surface area contributed by atoms with Gasteiger partial charge in [0.1, 0.15) is 0 Å². The topological polar surface area (TPSA) is 29.9 Å². The highest BCUT2D eigenvalue weighted by molar-refractivity contribution is 5.10. The van der Waals surface area contributed by atoms with Gasteiger partial charge in [0.15, 0.2) is 0 Å². The third kappa shape index (κ3) is 3.97. The molecule has 1 heterocycles. The lowest BCUT2D eigenvalue weighted by molar-refractivity contribution is 0.402. The van der Waals surface area contributed by atoms with E-state index in [1.54, 1.807) is 0 Å². The molecule has 0 aliphatic rings. The summed E-state index contributed by atoms with van der Waals surface area (Å²) in [6, 6.07) is 0.462. The van der Waals surface area contributed by atoms with Gasteiger partial charge in [0.05, 0.1) is 6.20 Å². The predicted octanol–water partition coefficient (Wildman–Crippen LogP) is 2.90. The van der Waals surface area contributed by atoms with Gasteiger partial charge in [-0.3, -0.25) is 4.68 Å². The molecule has 3 heteroatoms. The molecule has 0 saturated carbocycles. The highest BCUT2D eigenvalue weighted by Gasteiger charge is 2.15. The van der Waals surface area contributed by atoms with Crippen LogP contribution in [-0.4, -0.2) is 16.3 Å². The zero-order valence-electron chi connectivity index (χ0n) is 11.0. The van der Waals surface area contributed by atoms with Crippen molar-refractivity contribution in [2.45, 2.75) is 46.1 Å². The van der Waals surface area contributed by atoms with E-state index >= 15 is 0 Å². The predicted molar refractivity (Wildman–Crippen MR) is 68.3 cm³/mol. The van der Waals surface area contributed by atoms with Crippen molar-refractivity contribution in [1.82, 2.24) is 15.1 Å². The Balaban J connectivity index is 2.62. The normalized spacial score (nSPS) is 15.0.